The number of rotatable bonds is 3. The third-order valence-corrected chi connectivity index (χ3v) is 5.41. The molecule has 0 bridgehead atoms. The van der Waals surface area contributed by atoms with Gasteiger partial charge in [0.25, 0.3) is 0 Å². The van der Waals surface area contributed by atoms with Crippen molar-refractivity contribution in [3.63, 3.8) is 0 Å². The average molecular weight is 281 g/mol. The van der Waals surface area contributed by atoms with Crippen LogP contribution >= 0.6 is 0 Å². The van der Waals surface area contributed by atoms with Crippen molar-refractivity contribution < 1.29 is 14.3 Å². The van der Waals surface area contributed by atoms with Crippen LogP contribution in [-0.2, 0) is 14.3 Å². The number of ether oxygens (including phenoxy) is 2. The Hall–Kier alpha value is -0.610. The molecule has 0 aromatic heterocycles. The van der Waals surface area contributed by atoms with Gasteiger partial charge in [-0.1, -0.05) is 12.8 Å². The van der Waals surface area contributed by atoms with E-state index in [9.17, 15) is 4.79 Å². The monoisotopic (exact) mass is 281 g/mol. The summed E-state index contributed by atoms with van der Waals surface area (Å²) in [5.41, 5.74) is 0. The molecule has 0 radical (unpaired) electrons. The zero-order valence-electron chi connectivity index (χ0n) is 12.6. The van der Waals surface area contributed by atoms with Crippen LogP contribution in [0, 0.1) is 5.92 Å². The molecule has 4 heteroatoms. The van der Waals surface area contributed by atoms with Crippen molar-refractivity contribution in [2.24, 2.45) is 5.92 Å². The van der Waals surface area contributed by atoms with Gasteiger partial charge >= 0.3 is 0 Å². The summed E-state index contributed by atoms with van der Waals surface area (Å²) in [7, 11) is 1.98. The largest absolute Gasteiger partial charge is 0.348 e. The summed E-state index contributed by atoms with van der Waals surface area (Å²) in [6.07, 6.45) is 9.73. The van der Waals surface area contributed by atoms with E-state index < -0.39 is 0 Å². The van der Waals surface area contributed by atoms with Gasteiger partial charge in [0.2, 0.25) is 5.91 Å². The topological polar surface area (TPSA) is 38.8 Å². The first-order valence-electron chi connectivity index (χ1n) is 8.22. The van der Waals surface area contributed by atoms with E-state index in [1.807, 2.05) is 11.9 Å². The number of nitrogens with zero attached hydrogens (tertiary/aromatic N) is 1. The fourth-order valence-electron chi connectivity index (χ4n) is 4.02. The first kappa shape index (κ1) is 14.3. The molecule has 20 heavy (non-hydrogen) atoms. The standard InChI is InChI=1S/C16H27NO3/c1-17(15(18)12-13-4-2-3-5-13)14-6-8-16(9-7-14)19-10-11-20-16/h13-14H,2-12H2,1H3. The van der Waals surface area contributed by atoms with Crippen LogP contribution in [0.3, 0.4) is 0 Å². The van der Waals surface area contributed by atoms with Crippen molar-refractivity contribution in [3.8, 4) is 0 Å². The van der Waals surface area contributed by atoms with Gasteiger partial charge in [-0.15, -0.1) is 0 Å². The second-order valence-corrected chi connectivity index (χ2v) is 6.70. The quantitative estimate of drug-likeness (QED) is 0.798. The van der Waals surface area contributed by atoms with Gasteiger partial charge in [-0.3, -0.25) is 4.79 Å². The van der Waals surface area contributed by atoms with Crippen LogP contribution in [0.15, 0.2) is 0 Å². The molecule has 3 fully saturated rings. The van der Waals surface area contributed by atoms with Gasteiger partial charge in [0, 0.05) is 32.4 Å². The lowest BCUT2D eigenvalue weighted by atomic mass is 9.89. The molecule has 3 aliphatic rings. The van der Waals surface area contributed by atoms with Crippen LogP contribution in [0.25, 0.3) is 0 Å². The maximum Gasteiger partial charge on any atom is 0.222 e. The van der Waals surface area contributed by atoms with E-state index in [2.05, 4.69) is 0 Å². The lowest BCUT2D eigenvalue weighted by Crippen LogP contribution is -2.45. The SMILES string of the molecule is CN(C(=O)CC1CCCC1)C1CCC2(CC1)OCCO2. The van der Waals surface area contributed by atoms with Crippen LogP contribution in [-0.4, -0.2) is 42.9 Å². The molecule has 114 valence electrons. The highest BCUT2D eigenvalue weighted by atomic mass is 16.7. The van der Waals surface area contributed by atoms with Crippen LogP contribution in [0.4, 0.5) is 0 Å². The van der Waals surface area contributed by atoms with Gasteiger partial charge in [0.15, 0.2) is 5.79 Å². The molecule has 0 aromatic rings. The maximum absolute atomic E-state index is 12.4. The van der Waals surface area contributed by atoms with E-state index in [1.165, 1.54) is 25.7 Å². The molecular weight excluding hydrogens is 254 g/mol. The summed E-state index contributed by atoms with van der Waals surface area (Å²) < 4.78 is 11.5. The second-order valence-electron chi connectivity index (χ2n) is 6.70. The van der Waals surface area contributed by atoms with Crippen molar-refractivity contribution in [2.45, 2.75) is 69.6 Å². The van der Waals surface area contributed by atoms with Crippen LogP contribution < -0.4 is 0 Å². The second kappa shape index (κ2) is 6.02. The van der Waals surface area contributed by atoms with Gasteiger partial charge in [0.05, 0.1) is 13.2 Å². The summed E-state index contributed by atoms with van der Waals surface area (Å²) in [4.78, 5) is 14.4. The molecule has 0 atom stereocenters. The molecule has 1 heterocycles. The van der Waals surface area contributed by atoms with Crippen molar-refractivity contribution in [3.05, 3.63) is 0 Å². The minimum atomic E-state index is -0.314. The fourth-order valence-corrected chi connectivity index (χ4v) is 4.02. The Labute approximate surface area is 121 Å². The molecule has 1 amide bonds. The van der Waals surface area contributed by atoms with E-state index in [4.69, 9.17) is 9.47 Å². The third kappa shape index (κ3) is 3.01. The molecule has 1 saturated heterocycles. The number of carbonyl (C=O) groups excluding carboxylic acids is 1. The van der Waals surface area contributed by atoms with Crippen molar-refractivity contribution >= 4 is 5.91 Å². The minimum Gasteiger partial charge on any atom is -0.348 e. The molecule has 4 nitrogen and oxygen atoms in total. The molecule has 2 saturated carbocycles. The fraction of sp³-hybridized carbons (Fsp3) is 0.938. The normalized spacial score (nSPS) is 27.2. The Kier molecular flexibility index (Phi) is 4.32. The van der Waals surface area contributed by atoms with Crippen LogP contribution in [0.5, 0.6) is 0 Å². The van der Waals surface area contributed by atoms with Gasteiger partial charge in [-0.25, -0.2) is 0 Å². The Morgan fingerprint density at radius 2 is 1.70 bits per heavy atom. The summed E-state index contributed by atoms with van der Waals surface area (Å²) in [6, 6.07) is 0.377. The number of amides is 1. The highest BCUT2D eigenvalue weighted by Gasteiger charge is 2.41. The molecule has 2 aliphatic carbocycles. The molecule has 0 aromatic carbocycles. The Balaban J connectivity index is 1.47. The predicted octanol–water partition coefficient (Wildman–Crippen LogP) is 2.71. The molecule has 3 rings (SSSR count). The van der Waals surface area contributed by atoms with Crippen molar-refractivity contribution in [1.29, 1.82) is 0 Å². The van der Waals surface area contributed by atoms with E-state index in [-0.39, 0.29) is 5.79 Å². The smallest absolute Gasteiger partial charge is 0.222 e. The number of hydrogen-bond donors (Lipinski definition) is 0. The summed E-state index contributed by atoms with van der Waals surface area (Å²) >= 11 is 0. The molecule has 1 spiro atoms. The van der Waals surface area contributed by atoms with Crippen LogP contribution in [0.1, 0.15) is 57.8 Å². The van der Waals surface area contributed by atoms with E-state index >= 15 is 0 Å². The summed E-state index contributed by atoms with van der Waals surface area (Å²) in [5, 5.41) is 0. The first-order chi connectivity index (χ1) is 9.69. The zero-order chi connectivity index (χ0) is 14.0. The van der Waals surface area contributed by atoms with Crippen molar-refractivity contribution in [2.75, 3.05) is 20.3 Å². The first-order valence-corrected chi connectivity index (χ1v) is 8.22. The Bertz CT molecular complexity index is 336. The summed E-state index contributed by atoms with van der Waals surface area (Å²) in [5.74, 6) is 0.666. The minimum absolute atomic E-state index is 0.314. The Morgan fingerprint density at radius 1 is 1.10 bits per heavy atom. The Morgan fingerprint density at radius 3 is 2.30 bits per heavy atom. The average Bonchev–Trinajstić information content (AvgIpc) is 3.11. The summed E-state index contributed by atoms with van der Waals surface area (Å²) in [6.45, 7) is 1.45. The molecule has 0 N–H and O–H groups in total. The number of hydrogen-bond acceptors (Lipinski definition) is 3. The van der Waals surface area contributed by atoms with Crippen molar-refractivity contribution in [1.82, 2.24) is 4.90 Å². The lowest BCUT2D eigenvalue weighted by Gasteiger charge is -2.39. The van der Waals surface area contributed by atoms with E-state index in [0.29, 0.717) is 17.9 Å². The molecular formula is C16H27NO3. The third-order valence-electron chi connectivity index (χ3n) is 5.41. The highest BCUT2D eigenvalue weighted by molar-refractivity contribution is 5.76. The van der Waals surface area contributed by atoms with Crippen LogP contribution in [0.2, 0.25) is 0 Å². The van der Waals surface area contributed by atoms with Gasteiger partial charge < -0.3 is 14.4 Å². The van der Waals surface area contributed by atoms with E-state index in [0.717, 1.165) is 45.3 Å². The van der Waals surface area contributed by atoms with Gasteiger partial charge in [0.1, 0.15) is 0 Å². The molecule has 1 aliphatic heterocycles. The predicted molar refractivity (Wildman–Crippen MR) is 76.2 cm³/mol. The van der Waals surface area contributed by atoms with Gasteiger partial charge in [-0.05, 0) is 31.6 Å². The van der Waals surface area contributed by atoms with Gasteiger partial charge in [-0.2, -0.15) is 0 Å². The highest BCUT2D eigenvalue weighted by Crippen LogP contribution is 2.37. The number of carbonyl (C=O) groups is 1. The maximum atomic E-state index is 12.4. The zero-order valence-corrected chi connectivity index (χ0v) is 12.6. The molecule has 0 unspecified atom stereocenters. The van der Waals surface area contributed by atoms with E-state index in [1.54, 1.807) is 0 Å². The lowest BCUT2D eigenvalue weighted by molar-refractivity contribution is -0.184.